The molecule has 1 atom stereocenters. The maximum atomic E-state index is 12.4. The minimum absolute atomic E-state index is 0.234. The lowest BCUT2D eigenvalue weighted by Gasteiger charge is -2.22. The summed E-state index contributed by atoms with van der Waals surface area (Å²) in [5, 5.41) is 9.83. The van der Waals surface area contributed by atoms with Crippen LogP contribution in [0.3, 0.4) is 0 Å². The summed E-state index contributed by atoms with van der Waals surface area (Å²) in [6.45, 7) is 4.24. The van der Waals surface area contributed by atoms with Gasteiger partial charge in [-0.05, 0) is 37.0 Å². The van der Waals surface area contributed by atoms with E-state index in [-0.39, 0.29) is 5.91 Å². The molecule has 8 nitrogen and oxygen atoms in total. The van der Waals surface area contributed by atoms with Crippen molar-refractivity contribution in [3.8, 4) is 11.3 Å². The number of carbonyl (C=O) groups excluding carboxylic acids is 1. The van der Waals surface area contributed by atoms with Crippen molar-refractivity contribution in [2.24, 2.45) is 5.92 Å². The Hall–Kier alpha value is -2.26. The molecule has 1 unspecified atom stereocenters. The van der Waals surface area contributed by atoms with Crippen LogP contribution in [0.4, 0.5) is 11.6 Å². The predicted molar refractivity (Wildman–Crippen MR) is 116 cm³/mol. The monoisotopic (exact) mass is 431 g/mol. The Balaban J connectivity index is 1.45. The summed E-state index contributed by atoms with van der Waals surface area (Å²) in [4.78, 5) is 21.3. The molecule has 4 heterocycles. The Bertz CT molecular complexity index is 869. The number of pyridine rings is 2. The molecular weight excluding hydrogens is 406 g/mol. The van der Waals surface area contributed by atoms with E-state index in [2.05, 4.69) is 20.9 Å². The zero-order valence-corrected chi connectivity index (χ0v) is 17.5. The first kappa shape index (κ1) is 21.0. The predicted octanol–water partition coefficient (Wildman–Crippen LogP) is 2.56. The van der Waals surface area contributed by atoms with Crippen molar-refractivity contribution in [2.45, 2.75) is 18.9 Å². The first-order valence-corrected chi connectivity index (χ1v) is 10.6. The number of anilines is 2. The normalized spacial score (nSPS) is 20.0. The van der Waals surface area contributed by atoms with Crippen molar-refractivity contribution < 1.29 is 14.3 Å². The van der Waals surface area contributed by atoms with Gasteiger partial charge in [0.25, 0.3) is 5.91 Å². The van der Waals surface area contributed by atoms with Crippen molar-refractivity contribution in [3.63, 3.8) is 0 Å². The van der Waals surface area contributed by atoms with Crippen molar-refractivity contribution in [3.05, 3.63) is 35.5 Å². The van der Waals surface area contributed by atoms with Crippen LogP contribution in [0.1, 0.15) is 12.8 Å². The maximum absolute atomic E-state index is 12.4. The summed E-state index contributed by atoms with van der Waals surface area (Å²) in [6, 6.07) is 7.50. The third-order valence-corrected chi connectivity index (χ3v) is 5.57. The number of hydrogen-bond donors (Lipinski definition) is 3. The van der Waals surface area contributed by atoms with Crippen LogP contribution in [0.5, 0.6) is 0 Å². The Kier molecular flexibility index (Phi) is 7.11. The van der Waals surface area contributed by atoms with E-state index in [1.807, 2.05) is 18.2 Å². The van der Waals surface area contributed by atoms with Crippen LogP contribution < -0.4 is 16.0 Å². The van der Waals surface area contributed by atoms with Crippen LogP contribution in [0.25, 0.3) is 11.3 Å². The number of aromatic nitrogens is 2. The Labute approximate surface area is 180 Å². The van der Waals surface area contributed by atoms with Gasteiger partial charge in [-0.3, -0.25) is 4.79 Å². The average molecular weight is 432 g/mol. The molecule has 2 fully saturated rings. The number of nitrogens with one attached hydrogen (secondary N) is 3. The number of halogens is 1. The molecule has 0 radical (unpaired) electrons. The largest absolute Gasteiger partial charge is 0.381 e. The van der Waals surface area contributed by atoms with E-state index in [1.54, 1.807) is 6.07 Å². The second-order valence-corrected chi connectivity index (χ2v) is 7.85. The highest BCUT2D eigenvalue weighted by Gasteiger charge is 2.22. The highest BCUT2D eigenvalue weighted by Crippen LogP contribution is 2.29. The van der Waals surface area contributed by atoms with Gasteiger partial charge in [-0.1, -0.05) is 17.7 Å². The molecule has 2 aromatic rings. The van der Waals surface area contributed by atoms with Gasteiger partial charge in [0, 0.05) is 44.6 Å². The van der Waals surface area contributed by atoms with Crippen molar-refractivity contribution in [2.75, 3.05) is 50.1 Å². The highest BCUT2D eigenvalue weighted by molar-refractivity contribution is 6.33. The molecule has 0 saturated carbocycles. The van der Waals surface area contributed by atoms with Crippen LogP contribution in [0, 0.1) is 5.92 Å². The molecule has 0 bridgehead atoms. The molecule has 0 spiro atoms. The number of hydrogen-bond acceptors (Lipinski definition) is 7. The van der Waals surface area contributed by atoms with Gasteiger partial charge in [0.05, 0.1) is 17.3 Å². The van der Waals surface area contributed by atoms with Crippen molar-refractivity contribution >= 4 is 29.1 Å². The van der Waals surface area contributed by atoms with Gasteiger partial charge in [-0.2, -0.15) is 0 Å². The van der Waals surface area contributed by atoms with Crippen molar-refractivity contribution in [1.82, 2.24) is 15.3 Å². The summed E-state index contributed by atoms with van der Waals surface area (Å²) in [7, 11) is 0. The Morgan fingerprint density at radius 3 is 2.90 bits per heavy atom. The van der Waals surface area contributed by atoms with Gasteiger partial charge in [0.1, 0.15) is 17.7 Å². The van der Waals surface area contributed by atoms with E-state index in [1.165, 1.54) is 6.20 Å². The SMILES string of the molecule is O=C(Nc1cc(-c2cccc(NCC3CCOCC3)n2)c(Cl)cn1)C1CNCCO1. The second kappa shape index (κ2) is 10.2. The molecule has 1 amide bonds. The van der Waals surface area contributed by atoms with E-state index in [4.69, 9.17) is 26.1 Å². The smallest absolute Gasteiger partial charge is 0.255 e. The molecular formula is C21H26ClN5O3. The van der Waals surface area contributed by atoms with Crippen LogP contribution in [0.15, 0.2) is 30.5 Å². The first-order valence-electron chi connectivity index (χ1n) is 10.3. The minimum Gasteiger partial charge on any atom is -0.381 e. The van der Waals surface area contributed by atoms with E-state index in [9.17, 15) is 4.79 Å². The molecule has 4 rings (SSSR count). The van der Waals surface area contributed by atoms with Gasteiger partial charge in [0.15, 0.2) is 0 Å². The Morgan fingerprint density at radius 1 is 1.23 bits per heavy atom. The molecule has 9 heteroatoms. The zero-order valence-electron chi connectivity index (χ0n) is 16.7. The lowest BCUT2D eigenvalue weighted by molar-refractivity contribution is -0.128. The average Bonchev–Trinajstić information content (AvgIpc) is 2.80. The number of nitrogens with zero attached hydrogens (tertiary/aromatic N) is 2. The van der Waals surface area contributed by atoms with Gasteiger partial charge < -0.3 is 25.4 Å². The number of carbonyl (C=O) groups is 1. The van der Waals surface area contributed by atoms with Crippen LogP contribution >= 0.6 is 11.6 Å². The summed E-state index contributed by atoms with van der Waals surface area (Å²) >= 11 is 6.38. The van der Waals surface area contributed by atoms with E-state index in [0.717, 1.165) is 45.0 Å². The fourth-order valence-electron chi connectivity index (χ4n) is 3.53. The number of morpholine rings is 1. The van der Waals surface area contributed by atoms with Crippen LogP contribution in [-0.2, 0) is 14.3 Å². The maximum Gasteiger partial charge on any atom is 0.255 e. The molecule has 2 aliphatic heterocycles. The van der Waals surface area contributed by atoms with E-state index in [0.29, 0.717) is 41.2 Å². The zero-order chi connectivity index (χ0) is 20.8. The highest BCUT2D eigenvalue weighted by atomic mass is 35.5. The van der Waals surface area contributed by atoms with E-state index < -0.39 is 6.10 Å². The number of ether oxygens (including phenoxy) is 2. The third kappa shape index (κ3) is 5.46. The molecule has 2 saturated heterocycles. The quantitative estimate of drug-likeness (QED) is 0.646. The van der Waals surface area contributed by atoms with E-state index >= 15 is 0 Å². The van der Waals surface area contributed by atoms with Crippen LogP contribution in [-0.4, -0.2) is 61.4 Å². The first-order chi connectivity index (χ1) is 14.7. The Morgan fingerprint density at radius 2 is 2.10 bits per heavy atom. The lowest BCUT2D eigenvalue weighted by Crippen LogP contribution is -2.45. The fraction of sp³-hybridized carbons (Fsp3) is 0.476. The molecule has 0 aliphatic carbocycles. The lowest BCUT2D eigenvalue weighted by atomic mass is 10.0. The molecule has 30 heavy (non-hydrogen) atoms. The number of amides is 1. The summed E-state index contributed by atoms with van der Waals surface area (Å²) in [6.07, 6.45) is 3.12. The molecule has 2 aliphatic rings. The van der Waals surface area contributed by atoms with Crippen LogP contribution in [0.2, 0.25) is 5.02 Å². The molecule has 0 aromatic carbocycles. The van der Waals surface area contributed by atoms with Gasteiger partial charge >= 0.3 is 0 Å². The third-order valence-electron chi connectivity index (χ3n) is 5.26. The number of rotatable bonds is 6. The molecule has 2 aromatic heterocycles. The fourth-order valence-corrected chi connectivity index (χ4v) is 3.73. The standard InChI is InChI=1S/C21H26ClN5O3/c22-16-12-25-20(27-21(28)18-13-23-6-9-30-18)10-15(16)17-2-1-3-19(26-17)24-11-14-4-7-29-8-5-14/h1-3,10,12,14,18,23H,4-9,11,13H2,(H,24,26)(H,25,27,28). The van der Waals surface area contributed by atoms with Gasteiger partial charge in [-0.25, -0.2) is 9.97 Å². The minimum atomic E-state index is -0.532. The van der Waals surface area contributed by atoms with Gasteiger partial charge in [-0.15, -0.1) is 0 Å². The van der Waals surface area contributed by atoms with Gasteiger partial charge in [0.2, 0.25) is 0 Å². The summed E-state index contributed by atoms with van der Waals surface area (Å²) in [5.41, 5.74) is 1.42. The summed E-state index contributed by atoms with van der Waals surface area (Å²) in [5.74, 6) is 1.56. The second-order valence-electron chi connectivity index (χ2n) is 7.45. The topological polar surface area (TPSA) is 97.4 Å². The summed E-state index contributed by atoms with van der Waals surface area (Å²) < 4.78 is 10.9. The molecule has 3 N–H and O–H groups in total. The molecule has 160 valence electrons. The van der Waals surface area contributed by atoms with Crippen molar-refractivity contribution in [1.29, 1.82) is 0 Å².